The van der Waals surface area contributed by atoms with Crippen molar-refractivity contribution >= 4 is 17.0 Å². The normalized spacial score (nSPS) is 18.7. The highest BCUT2D eigenvalue weighted by atomic mass is 16.6. The van der Waals surface area contributed by atoms with Gasteiger partial charge in [-0.1, -0.05) is 60.7 Å². The van der Waals surface area contributed by atoms with Gasteiger partial charge in [-0.15, -0.1) is 0 Å². The number of hydrogen-bond donors (Lipinski definition) is 5. The van der Waals surface area contributed by atoms with Crippen LogP contribution in [-0.4, -0.2) is 71.6 Å². The van der Waals surface area contributed by atoms with Gasteiger partial charge in [0.2, 0.25) is 5.56 Å². The summed E-state index contributed by atoms with van der Waals surface area (Å²) in [6.07, 6.45) is 3.68. The van der Waals surface area contributed by atoms with E-state index in [-0.39, 0.29) is 17.4 Å². The quantitative estimate of drug-likeness (QED) is 0.0666. The Balaban J connectivity index is 0.847. The Kier molecular flexibility index (Phi) is 12.6. The number of hydrogen-bond acceptors (Lipinski definition) is 9. The number of aliphatic hydroxyl groups excluding tert-OH is 1. The summed E-state index contributed by atoms with van der Waals surface area (Å²) >= 11 is 0. The minimum atomic E-state index is -0.781. The molecule has 3 atom stereocenters. The molecule has 0 radical (unpaired) electrons. The highest BCUT2D eigenvalue weighted by Crippen LogP contribution is 2.31. The molecular formula is C44H50N4O7. The summed E-state index contributed by atoms with van der Waals surface area (Å²) in [7, 11) is 0. The molecule has 3 saturated heterocycles. The lowest BCUT2D eigenvalue weighted by molar-refractivity contribution is -0.0336. The minimum Gasteiger partial charge on any atom is -0.506 e. The van der Waals surface area contributed by atoms with Gasteiger partial charge in [0.25, 0.3) is 0 Å². The van der Waals surface area contributed by atoms with Crippen LogP contribution in [0.4, 0.5) is 4.79 Å². The van der Waals surface area contributed by atoms with Gasteiger partial charge in [-0.3, -0.25) is 9.69 Å². The SMILES string of the molecule is O=C(NC(c1ccccc1)c1cccc(OCc2cccc(OCCCCCNC[C@@H](O)c3ccc(O)c4[nH]c(=O)ccc34)c2)c1)O[C@H]1CN2CCC1CC2. The fourth-order valence-electron chi connectivity index (χ4n) is 7.63. The first kappa shape index (κ1) is 37.9. The number of H-pyrrole nitrogens is 1. The number of rotatable bonds is 17. The van der Waals surface area contributed by atoms with Crippen molar-refractivity contribution in [2.24, 2.45) is 5.92 Å². The molecule has 5 aromatic rings. The molecule has 4 aromatic carbocycles. The van der Waals surface area contributed by atoms with Crippen molar-refractivity contribution in [2.75, 3.05) is 39.3 Å². The third kappa shape index (κ3) is 10.0. The molecule has 2 bridgehead atoms. The van der Waals surface area contributed by atoms with E-state index in [1.807, 2.05) is 78.9 Å². The van der Waals surface area contributed by atoms with E-state index >= 15 is 0 Å². The molecule has 3 fully saturated rings. The number of carbonyl (C=O) groups excluding carboxylic acids is 1. The molecule has 11 heteroatoms. The largest absolute Gasteiger partial charge is 0.506 e. The monoisotopic (exact) mass is 746 g/mol. The van der Waals surface area contributed by atoms with Crippen molar-refractivity contribution < 1.29 is 29.2 Å². The Bertz CT molecular complexity index is 2080. The molecule has 55 heavy (non-hydrogen) atoms. The number of benzene rings is 4. The molecule has 8 rings (SSSR count). The number of unbranched alkanes of at least 4 members (excludes halogenated alkanes) is 2. The number of nitrogens with one attached hydrogen (secondary N) is 3. The molecule has 3 aliphatic rings. The zero-order chi connectivity index (χ0) is 38.0. The molecule has 1 unspecified atom stereocenters. The number of fused-ring (bicyclic) bond motifs is 4. The zero-order valence-corrected chi connectivity index (χ0v) is 31.0. The summed E-state index contributed by atoms with van der Waals surface area (Å²) in [4.78, 5) is 29.9. The van der Waals surface area contributed by atoms with E-state index in [0.29, 0.717) is 47.9 Å². The Morgan fingerprint density at radius 3 is 2.44 bits per heavy atom. The highest BCUT2D eigenvalue weighted by molar-refractivity contribution is 5.87. The molecule has 0 spiro atoms. The van der Waals surface area contributed by atoms with E-state index in [2.05, 4.69) is 20.5 Å². The van der Waals surface area contributed by atoms with Gasteiger partial charge in [-0.2, -0.15) is 0 Å². The number of aliphatic hydroxyl groups is 1. The van der Waals surface area contributed by atoms with E-state index < -0.39 is 18.2 Å². The van der Waals surface area contributed by atoms with Crippen LogP contribution in [0.15, 0.2) is 108 Å². The summed E-state index contributed by atoms with van der Waals surface area (Å²) < 4.78 is 18.3. The molecular weight excluding hydrogens is 697 g/mol. The van der Waals surface area contributed by atoms with Gasteiger partial charge in [0.1, 0.15) is 30.0 Å². The predicted octanol–water partition coefficient (Wildman–Crippen LogP) is 6.59. The second-order valence-corrected chi connectivity index (χ2v) is 14.5. The van der Waals surface area contributed by atoms with Crippen LogP contribution in [0, 0.1) is 5.92 Å². The number of nitrogens with zero attached hydrogens (tertiary/aromatic N) is 1. The number of aromatic amines is 1. The van der Waals surface area contributed by atoms with Gasteiger partial charge in [0, 0.05) is 24.5 Å². The van der Waals surface area contributed by atoms with Crippen molar-refractivity contribution in [1.29, 1.82) is 0 Å². The molecule has 1 amide bonds. The van der Waals surface area contributed by atoms with E-state index in [1.165, 1.54) is 12.1 Å². The molecule has 4 heterocycles. The molecule has 3 aliphatic heterocycles. The Morgan fingerprint density at radius 2 is 1.64 bits per heavy atom. The average Bonchev–Trinajstić information content (AvgIpc) is 3.21. The summed E-state index contributed by atoms with van der Waals surface area (Å²) in [5, 5.41) is 27.9. The molecule has 1 aromatic heterocycles. The topological polar surface area (TPSA) is 145 Å². The number of phenolic OH excluding ortho intramolecular Hbond substituents is 1. The molecule has 0 aliphatic carbocycles. The first-order valence-electron chi connectivity index (χ1n) is 19.3. The third-order valence-electron chi connectivity index (χ3n) is 10.6. The zero-order valence-electron chi connectivity index (χ0n) is 31.0. The number of alkyl carbamates (subject to hydrolysis) is 1. The van der Waals surface area contributed by atoms with Crippen LogP contribution in [0.1, 0.15) is 66.5 Å². The summed E-state index contributed by atoms with van der Waals surface area (Å²) in [6.45, 7) is 5.03. The number of aromatic nitrogens is 1. The van der Waals surface area contributed by atoms with Crippen LogP contribution in [-0.2, 0) is 11.3 Å². The molecule has 11 nitrogen and oxygen atoms in total. The first-order valence-corrected chi connectivity index (χ1v) is 19.3. The Morgan fingerprint density at radius 1 is 0.855 bits per heavy atom. The lowest BCUT2D eigenvalue weighted by Crippen LogP contribution is -2.52. The van der Waals surface area contributed by atoms with Gasteiger partial charge >= 0.3 is 6.09 Å². The van der Waals surface area contributed by atoms with Crippen LogP contribution in [0.3, 0.4) is 0 Å². The first-order chi connectivity index (χ1) is 26.9. The number of phenols is 1. The van der Waals surface area contributed by atoms with Crippen LogP contribution in [0.2, 0.25) is 0 Å². The van der Waals surface area contributed by atoms with Crippen molar-refractivity contribution in [1.82, 2.24) is 20.5 Å². The molecule has 5 N–H and O–H groups in total. The summed E-state index contributed by atoms with van der Waals surface area (Å²) in [5.74, 6) is 1.90. The van der Waals surface area contributed by atoms with E-state index in [9.17, 15) is 19.8 Å². The maximum absolute atomic E-state index is 13.2. The average molecular weight is 747 g/mol. The predicted molar refractivity (Wildman–Crippen MR) is 211 cm³/mol. The maximum Gasteiger partial charge on any atom is 0.408 e. The lowest BCUT2D eigenvalue weighted by atomic mass is 9.86. The number of amides is 1. The maximum atomic E-state index is 13.2. The summed E-state index contributed by atoms with van der Waals surface area (Å²) in [6, 6.07) is 31.5. The van der Waals surface area contributed by atoms with Crippen molar-refractivity contribution in [3.63, 3.8) is 0 Å². The van der Waals surface area contributed by atoms with E-state index in [4.69, 9.17) is 14.2 Å². The number of aromatic hydroxyl groups is 1. The minimum absolute atomic E-state index is 0.0256. The fraction of sp³-hybridized carbons (Fsp3) is 0.364. The van der Waals surface area contributed by atoms with Gasteiger partial charge in [0.05, 0.1) is 24.3 Å². The van der Waals surface area contributed by atoms with Gasteiger partial charge in [-0.05, 0) is 116 Å². The van der Waals surface area contributed by atoms with Gasteiger partial charge < -0.3 is 40.0 Å². The number of piperidine rings is 3. The fourth-order valence-corrected chi connectivity index (χ4v) is 7.63. The van der Waals surface area contributed by atoms with Crippen LogP contribution >= 0.6 is 0 Å². The number of ether oxygens (including phenoxy) is 3. The van der Waals surface area contributed by atoms with Crippen molar-refractivity contribution in [2.45, 2.75) is 57.0 Å². The van der Waals surface area contributed by atoms with Crippen LogP contribution in [0.25, 0.3) is 10.9 Å². The van der Waals surface area contributed by atoms with E-state index in [1.54, 1.807) is 12.1 Å². The van der Waals surface area contributed by atoms with E-state index in [0.717, 1.165) is 80.7 Å². The Labute approximate surface area is 321 Å². The smallest absolute Gasteiger partial charge is 0.408 e. The lowest BCUT2D eigenvalue weighted by Gasteiger charge is -2.43. The second kappa shape index (κ2) is 18.3. The van der Waals surface area contributed by atoms with Gasteiger partial charge in [-0.25, -0.2) is 4.79 Å². The standard InChI is InChI=1S/C44H50N4O7/c49-38-17-15-36(37-16-18-41(51)46-43(37)38)39(50)27-45-21-5-2-6-24-53-34-13-7-9-30(25-34)29-54-35-14-8-12-33(26-35)42(32-10-3-1-4-11-32)47-44(52)55-40-28-48-22-19-31(40)20-23-48/h1,3-4,7-18,25-26,31,39-40,42,45,49-50H,2,5-6,19-24,27-29H2,(H,46,51)(H,47,52)/t39-,40+,42?/m1/s1. The number of carbonyl (C=O) groups is 1. The third-order valence-corrected chi connectivity index (χ3v) is 10.6. The molecule has 0 saturated carbocycles. The summed E-state index contributed by atoms with van der Waals surface area (Å²) in [5.41, 5.74) is 3.52. The molecule has 288 valence electrons. The second-order valence-electron chi connectivity index (χ2n) is 14.5. The van der Waals surface area contributed by atoms with Crippen molar-refractivity contribution in [3.8, 4) is 17.2 Å². The Hall–Kier alpha value is -5.36. The highest BCUT2D eigenvalue weighted by Gasteiger charge is 2.37. The number of pyridine rings is 1. The van der Waals surface area contributed by atoms with Crippen molar-refractivity contribution in [3.05, 3.63) is 136 Å². The van der Waals surface area contributed by atoms with Gasteiger partial charge in [0.15, 0.2) is 0 Å². The van der Waals surface area contributed by atoms with Crippen LogP contribution in [0.5, 0.6) is 17.2 Å². The van der Waals surface area contributed by atoms with Crippen LogP contribution < -0.4 is 25.7 Å².